The van der Waals surface area contributed by atoms with Crippen LogP contribution < -0.4 is 0 Å². The zero-order valence-electron chi connectivity index (χ0n) is 14.0. The van der Waals surface area contributed by atoms with Gasteiger partial charge in [0.15, 0.2) is 0 Å². The molecule has 1 saturated heterocycles. The lowest BCUT2D eigenvalue weighted by Gasteiger charge is -2.14. The topological polar surface area (TPSA) is 49.7 Å². The first-order valence-electron chi connectivity index (χ1n) is 8.40. The van der Waals surface area contributed by atoms with E-state index in [0.29, 0.717) is 5.92 Å². The fourth-order valence-electron chi connectivity index (χ4n) is 3.40. The normalized spacial score (nSPS) is 19.1. The average Bonchev–Trinajstić information content (AvgIpc) is 3.18. The van der Waals surface area contributed by atoms with Gasteiger partial charge in [-0.3, -0.25) is 4.90 Å². The minimum absolute atomic E-state index is 0.557. The zero-order valence-corrected chi connectivity index (χ0v) is 14.0. The summed E-state index contributed by atoms with van der Waals surface area (Å²) < 4.78 is 2.18. The Morgan fingerprint density at radius 3 is 3.00 bits per heavy atom. The number of aromatic nitrogens is 4. The molecule has 0 unspecified atom stereocenters. The monoisotopic (exact) mass is 301 g/mol. The summed E-state index contributed by atoms with van der Waals surface area (Å²) in [6.07, 6.45) is 8.80. The number of nitrogens with zero attached hydrogens (tertiary/aromatic N) is 4. The molecule has 0 radical (unpaired) electrons. The molecule has 3 rings (SSSR count). The molecule has 0 saturated carbocycles. The molecule has 22 heavy (non-hydrogen) atoms. The first kappa shape index (κ1) is 15.3. The number of H-pyrrole nitrogens is 1. The first-order chi connectivity index (χ1) is 10.7. The van der Waals surface area contributed by atoms with E-state index in [2.05, 4.69) is 51.5 Å². The van der Waals surface area contributed by atoms with Gasteiger partial charge in [-0.1, -0.05) is 13.3 Å². The lowest BCUT2D eigenvalue weighted by atomic mass is 10.1. The van der Waals surface area contributed by atoms with Gasteiger partial charge in [0.2, 0.25) is 0 Å². The van der Waals surface area contributed by atoms with Crippen molar-refractivity contribution in [1.29, 1.82) is 0 Å². The molecule has 0 spiro atoms. The summed E-state index contributed by atoms with van der Waals surface area (Å²) in [7, 11) is 2.10. The van der Waals surface area contributed by atoms with E-state index in [-0.39, 0.29) is 0 Å². The minimum Gasteiger partial charge on any atom is -0.345 e. The molecule has 3 heterocycles. The Balaban J connectivity index is 1.56. The Morgan fingerprint density at radius 1 is 1.41 bits per heavy atom. The van der Waals surface area contributed by atoms with Crippen LogP contribution in [0.15, 0.2) is 12.4 Å². The number of unbranched alkanes of at least 4 members (excludes halogenated alkanes) is 1. The number of rotatable bonds is 6. The molecule has 5 nitrogen and oxygen atoms in total. The lowest BCUT2D eigenvalue weighted by molar-refractivity contribution is 0.321. The number of aromatic amines is 1. The summed E-state index contributed by atoms with van der Waals surface area (Å²) in [6.45, 7) is 7.48. The number of likely N-dealkylation sites (tertiary alicyclic amines) is 1. The van der Waals surface area contributed by atoms with Crippen LogP contribution in [-0.4, -0.2) is 37.5 Å². The van der Waals surface area contributed by atoms with E-state index >= 15 is 0 Å². The van der Waals surface area contributed by atoms with E-state index in [9.17, 15) is 0 Å². The first-order valence-corrected chi connectivity index (χ1v) is 8.40. The van der Waals surface area contributed by atoms with Crippen molar-refractivity contribution in [1.82, 2.24) is 24.4 Å². The Morgan fingerprint density at radius 2 is 2.27 bits per heavy atom. The van der Waals surface area contributed by atoms with Crippen molar-refractivity contribution >= 4 is 0 Å². The second-order valence-corrected chi connectivity index (χ2v) is 6.53. The predicted molar refractivity (Wildman–Crippen MR) is 87.8 cm³/mol. The molecule has 1 aliphatic heterocycles. The van der Waals surface area contributed by atoms with Crippen LogP contribution in [0.2, 0.25) is 0 Å². The molecule has 0 bridgehead atoms. The van der Waals surface area contributed by atoms with E-state index in [1.807, 2.05) is 6.20 Å². The summed E-state index contributed by atoms with van der Waals surface area (Å²) in [5, 5.41) is 0. The van der Waals surface area contributed by atoms with E-state index in [4.69, 9.17) is 0 Å². The zero-order chi connectivity index (χ0) is 15.5. The molecular weight excluding hydrogens is 274 g/mol. The summed E-state index contributed by atoms with van der Waals surface area (Å²) in [5.74, 6) is 2.92. The second kappa shape index (κ2) is 6.65. The molecule has 2 aromatic heterocycles. The van der Waals surface area contributed by atoms with E-state index in [0.717, 1.165) is 37.6 Å². The standard InChI is InChI=1S/C17H27N5/c1-4-5-6-16-18-9-15(20-16)12-22-8-7-14(11-22)17-19-13(2)10-21(17)3/h9-10,14H,4-8,11-12H2,1-3H3,(H,18,20)/t14-/m1/s1. The van der Waals surface area contributed by atoms with Crippen LogP contribution in [0, 0.1) is 6.92 Å². The molecule has 1 N–H and O–H groups in total. The van der Waals surface area contributed by atoms with Gasteiger partial charge in [0.1, 0.15) is 11.6 Å². The van der Waals surface area contributed by atoms with Gasteiger partial charge in [0.05, 0.1) is 5.69 Å². The number of imidazole rings is 2. The van der Waals surface area contributed by atoms with Crippen LogP contribution in [0.3, 0.4) is 0 Å². The quantitative estimate of drug-likeness (QED) is 0.892. The van der Waals surface area contributed by atoms with Crippen molar-refractivity contribution in [2.24, 2.45) is 7.05 Å². The van der Waals surface area contributed by atoms with Gasteiger partial charge < -0.3 is 9.55 Å². The van der Waals surface area contributed by atoms with Gasteiger partial charge in [0.25, 0.3) is 0 Å². The summed E-state index contributed by atoms with van der Waals surface area (Å²) >= 11 is 0. The molecule has 1 aliphatic rings. The third kappa shape index (κ3) is 3.40. The fourth-order valence-corrected chi connectivity index (χ4v) is 3.40. The largest absolute Gasteiger partial charge is 0.345 e. The van der Waals surface area contributed by atoms with Crippen LogP contribution in [0.1, 0.15) is 55.1 Å². The third-order valence-electron chi connectivity index (χ3n) is 4.51. The molecule has 120 valence electrons. The van der Waals surface area contributed by atoms with Crippen LogP contribution in [0.5, 0.6) is 0 Å². The molecular formula is C17H27N5. The summed E-state index contributed by atoms with van der Waals surface area (Å²) in [5.41, 5.74) is 2.35. The maximum atomic E-state index is 4.69. The van der Waals surface area contributed by atoms with Crippen LogP contribution in [-0.2, 0) is 20.0 Å². The highest BCUT2D eigenvalue weighted by atomic mass is 15.2. The van der Waals surface area contributed by atoms with Crippen molar-refractivity contribution < 1.29 is 0 Å². The SMILES string of the molecule is CCCCc1ncc(CN2CC[C@@H](c3nc(C)cn3C)C2)[nH]1. The van der Waals surface area contributed by atoms with Crippen LogP contribution in [0.25, 0.3) is 0 Å². The highest BCUT2D eigenvalue weighted by Gasteiger charge is 2.27. The molecule has 5 heteroatoms. The average molecular weight is 301 g/mol. The number of nitrogens with one attached hydrogen (secondary N) is 1. The van der Waals surface area contributed by atoms with Gasteiger partial charge in [-0.25, -0.2) is 9.97 Å². The van der Waals surface area contributed by atoms with Gasteiger partial charge in [-0.05, 0) is 26.3 Å². The summed E-state index contributed by atoms with van der Waals surface area (Å²) in [6, 6.07) is 0. The van der Waals surface area contributed by atoms with Gasteiger partial charge in [-0.2, -0.15) is 0 Å². The number of hydrogen-bond acceptors (Lipinski definition) is 3. The molecule has 1 fully saturated rings. The van der Waals surface area contributed by atoms with E-state index < -0.39 is 0 Å². The smallest absolute Gasteiger partial charge is 0.113 e. The predicted octanol–water partition coefficient (Wildman–Crippen LogP) is 2.78. The molecule has 0 aliphatic carbocycles. The minimum atomic E-state index is 0.557. The fraction of sp³-hybridized carbons (Fsp3) is 0.647. The van der Waals surface area contributed by atoms with E-state index in [1.54, 1.807) is 0 Å². The Bertz CT molecular complexity index is 612. The van der Waals surface area contributed by atoms with E-state index in [1.165, 1.54) is 30.8 Å². The highest BCUT2D eigenvalue weighted by Crippen LogP contribution is 2.27. The Hall–Kier alpha value is -1.62. The van der Waals surface area contributed by atoms with Crippen molar-refractivity contribution in [3.05, 3.63) is 35.4 Å². The van der Waals surface area contributed by atoms with Crippen molar-refractivity contribution in [3.8, 4) is 0 Å². The van der Waals surface area contributed by atoms with Gasteiger partial charge in [-0.15, -0.1) is 0 Å². The lowest BCUT2D eigenvalue weighted by Crippen LogP contribution is -2.20. The maximum absolute atomic E-state index is 4.69. The molecule has 0 amide bonds. The molecule has 1 atom stereocenters. The van der Waals surface area contributed by atoms with Crippen molar-refractivity contribution in [2.45, 2.75) is 52.0 Å². The van der Waals surface area contributed by atoms with Crippen LogP contribution >= 0.6 is 0 Å². The van der Waals surface area contributed by atoms with Gasteiger partial charge in [0, 0.05) is 50.6 Å². The third-order valence-corrected chi connectivity index (χ3v) is 4.51. The van der Waals surface area contributed by atoms with Gasteiger partial charge >= 0.3 is 0 Å². The maximum Gasteiger partial charge on any atom is 0.113 e. The number of hydrogen-bond donors (Lipinski definition) is 1. The second-order valence-electron chi connectivity index (χ2n) is 6.53. The highest BCUT2D eigenvalue weighted by molar-refractivity contribution is 5.10. The van der Waals surface area contributed by atoms with Crippen LogP contribution in [0.4, 0.5) is 0 Å². The Kier molecular flexibility index (Phi) is 4.62. The Labute approximate surface area is 132 Å². The molecule has 0 aromatic carbocycles. The molecule has 2 aromatic rings. The summed E-state index contributed by atoms with van der Waals surface area (Å²) in [4.78, 5) is 15.2. The van der Waals surface area contributed by atoms with Crippen molar-refractivity contribution in [2.75, 3.05) is 13.1 Å². The van der Waals surface area contributed by atoms with Crippen molar-refractivity contribution in [3.63, 3.8) is 0 Å². The number of aryl methyl sites for hydroxylation is 3.